The molecular weight excluding hydrogens is 254 g/mol. The number of ether oxygens (including phenoxy) is 1. The van der Waals surface area contributed by atoms with Gasteiger partial charge < -0.3 is 4.74 Å². The number of carbonyl (C=O) groups is 1. The monoisotopic (exact) mass is 264 g/mol. The first-order chi connectivity index (χ1) is 7.78. The quantitative estimate of drug-likeness (QED) is 0.622. The Hall–Kier alpha value is -1.30. The Morgan fingerprint density at radius 2 is 2.06 bits per heavy atom. The molecule has 0 saturated heterocycles. The fraction of sp³-hybridized carbons (Fsp3) is 0.500. The Balaban J connectivity index is 3.26. The van der Waals surface area contributed by atoms with E-state index in [-0.39, 0.29) is 10.8 Å². The molecule has 0 aliphatic heterocycles. The van der Waals surface area contributed by atoms with Gasteiger partial charge in [0.25, 0.3) is 6.43 Å². The fourth-order valence-corrected chi connectivity index (χ4v) is 1.40. The Morgan fingerprint density at radius 3 is 2.53 bits per heavy atom. The summed E-state index contributed by atoms with van der Waals surface area (Å²) in [5.41, 5.74) is -1.06. The highest BCUT2D eigenvalue weighted by molar-refractivity contribution is 6.29. The molecule has 94 valence electrons. The second-order valence-electron chi connectivity index (χ2n) is 3.85. The van der Waals surface area contributed by atoms with Crippen LogP contribution in [0.5, 0.6) is 0 Å². The predicted octanol–water partition coefficient (Wildman–Crippen LogP) is 2.52. The van der Waals surface area contributed by atoms with Crippen LogP contribution in [0.3, 0.4) is 0 Å². The molecule has 1 rings (SSSR count). The molecule has 0 radical (unpaired) electrons. The number of rotatable bonds is 3. The number of alkyl halides is 2. The molecule has 7 heteroatoms. The highest BCUT2D eigenvalue weighted by atomic mass is 35.5. The van der Waals surface area contributed by atoms with Crippen LogP contribution in [0, 0.1) is 0 Å². The third-order valence-corrected chi connectivity index (χ3v) is 2.44. The predicted molar refractivity (Wildman–Crippen MR) is 57.0 cm³/mol. The maximum atomic E-state index is 12.5. The van der Waals surface area contributed by atoms with Gasteiger partial charge in [0.1, 0.15) is 10.6 Å². The molecule has 0 atom stereocenters. The van der Waals surface area contributed by atoms with E-state index >= 15 is 0 Å². The summed E-state index contributed by atoms with van der Waals surface area (Å²) in [5.74, 6) is -1.29. The second-order valence-corrected chi connectivity index (χ2v) is 4.24. The lowest BCUT2D eigenvalue weighted by atomic mass is 9.89. The Bertz CT molecular complexity index is 438. The van der Waals surface area contributed by atoms with Gasteiger partial charge in [-0.1, -0.05) is 11.6 Å². The third kappa shape index (κ3) is 2.88. The molecule has 0 bridgehead atoms. The van der Waals surface area contributed by atoms with Crippen molar-refractivity contribution in [3.8, 4) is 0 Å². The molecule has 4 nitrogen and oxygen atoms in total. The van der Waals surface area contributed by atoms with Gasteiger partial charge in [-0.3, -0.25) is 4.79 Å². The standard InChI is InChI=1S/C10H11ClF2N2O2/c1-10(2,9(16)17-3)5-4-6(11)15-8(14-5)7(12)13/h4,7H,1-3H3. The van der Waals surface area contributed by atoms with Crippen LogP contribution in [0.1, 0.15) is 31.8 Å². The number of esters is 1. The normalized spacial score (nSPS) is 11.7. The zero-order chi connectivity index (χ0) is 13.2. The second kappa shape index (κ2) is 4.91. The van der Waals surface area contributed by atoms with E-state index in [0.717, 1.165) is 0 Å². The van der Waals surface area contributed by atoms with Crippen molar-refractivity contribution < 1.29 is 18.3 Å². The molecule has 0 aromatic carbocycles. The maximum Gasteiger partial charge on any atom is 0.317 e. The summed E-state index contributed by atoms with van der Waals surface area (Å²) in [5, 5.41) is -0.137. The van der Waals surface area contributed by atoms with Gasteiger partial charge in [0, 0.05) is 0 Å². The van der Waals surface area contributed by atoms with Crippen LogP contribution in [-0.2, 0) is 14.9 Å². The van der Waals surface area contributed by atoms with Gasteiger partial charge in [-0.05, 0) is 19.9 Å². The van der Waals surface area contributed by atoms with Crippen LogP contribution >= 0.6 is 11.6 Å². The minimum Gasteiger partial charge on any atom is -0.468 e. The zero-order valence-electron chi connectivity index (χ0n) is 9.50. The average molecular weight is 265 g/mol. The van der Waals surface area contributed by atoms with E-state index in [9.17, 15) is 13.6 Å². The lowest BCUT2D eigenvalue weighted by Gasteiger charge is -2.21. The average Bonchev–Trinajstić information content (AvgIpc) is 2.26. The minimum atomic E-state index is -2.85. The number of methoxy groups -OCH3 is 1. The first-order valence-corrected chi connectivity index (χ1v) is 5.08. The summed E-state index contributed by atoms with van der Waals surface area (Å²) < 4.78 is 29.6. The summed E-state index contributed by atoms with van der Waals surface area (Å²) in [7, 11) is 1.21. The summed E-state index contributed by atoms with van der Waals surface area (Å²) >= 11 is 5.61. The Kier molecular flexibility index (Phi) is 3.98. The van der Waals surface area contributed by atoms with Crippen LogP contribution in [-0.4, -0.2) is 23.0 Å². The summed E-state index contributed by atoms with van der Waals surface area (Å²) in [6, 6.07) is 1.27. The number of hydrogen-bond donors (Lipinski definition) is 0. The molecule has 0 saturated carbocycles. The largest absolute Gasteiger partial charge is 0.468 e. The lowest BCUT2D eigenvalue weighted by Crippen LogP contribution is -2.31. The van der Waals surface area contributed by atoms with E-state index in [2.05, 4.69) is 14.7 Å². The molecule has 0 N–H and O–H groups in total. The number of halogens is 3. The Labute approximate surface area is 102 Å². The molecule has 1 heterocycles. The molecule has 1 aromatic rings. The highest BCUT2D eigenvalue weighted by Gasteiger charge is 2.34. The van der Waals surface area contributed by atoms with Crippen molar-refractivity contribution >= 4 is 17.6 Å². The number of carbonyl (C=O) groups excluding carboxylic acids is 1. The van der Waals surface area contributed by atoms with Crippen molar-refractivity contribution in [1.82, 2.24) is 9.97 Å². The summed E-state index contributed by atoms with van der Waals surface area (Å²) in [6.07, 6.45) is -2.85. The molecule has 0 spiro atoms. The van der Waals surface area contributed by atoms with Gasteiger partial charge in [-0.25, -0.2) is 18.7 Å². The van der Waals surface area contributed by atoms with Crippen molar-refractivity contribution in [2.24, 2.45) is 0 Å². The van der Waals surface area contributed by atoms with Gasteiger partial charge >= 0.3 is 5.97 Å². The molecule has 1 aromatic heterocycles. The minimum absolute atomic E-state index is 0.0969. The lowest BCUT2D eigenvalue weighted by molar-refractivity contribution is -0.146. The van der Waals surface area contributed by atoms with Crippen LogP contribution < -0.4 is 0 Å². The zero-order valence-corrected chi connectivity index (χ0v) is 10.3. The van der Waals surface area contributed by atoms with Gasteiger partial charge in [-0.2, -0.15) is 0 Å². The van der Waals surface area contributed by atoms with Crippen LogP contribution in [0.2, 0.25) is 5.15 Å². The van der Waals surface area contributed by atoms with Gasteiger partial charge in [0.15, 0.2) is 5.82 Å². The van der Waals surface area contributed by atoms with Crippen LogP contribution in [0.4, 0.5) is 8.78 Å². The van der Waals surface area contributed by atoms with E-state index < -0.39 is 23.6 Å². The van der Waals surface area contributed by atoms with Crippen LogP contribution in [0.15, 0.2) is 6.07 Å². The van der Waals surface area contributed by atoms with Crippen LogP contribution in [0.25, 0.3) is 0 Å². The first kappa shape index (κ1) is 13.8. The van der Waals surface area contributed by atoms with Gasteiger partial charge in [0.05, 0.1) is 12.8 Å². The molecule has 0 aliphatic carbocycles. The van der Waals surface area contributed by atoms with E-state index in [4.69, 9.17) is 11.6 Å². The molecule has 0 fully saturated rings. The molecule has 0 unspecified atom stereocenters. The highest BCUT2D eigenvalue weighted by Crippen LogP contribution is 2.26. The van der Waals surface area contributed by atoms with Crippen molar-refractivity contribution in [3.63, 3.8) is 0 Å². The molecule has 17 heavy (non-hydrogen) atoms. The van der Waals surface area contributed by atoms with E-state index in [1.165, 1.54) is 27.0 Å². The molecular formula is C10H11ClF2N2O2. The van der Waals surface area contributed by atoms with Gasteiger partial charge in [0.2, 0.25) is 0 Å². The summed E-state index contributed by atoms with van der Waals surface area (Å²) in [4.78, 5) is 18.5. The Morgan fingerprint density at radius 1 is 1.47 bits per heavy atom. The third-order valence-electron chi connectivity index (χ3n) is 2.24. The smallest absolute Gasteiger partial charge is 0.317 e. The summed E-state index contributed by atoms with van der Waals surface area (Å²) in [6.45, 7) is 3.01. The van der Waals surface area contributed by atoms with E-state index in [0.29, 0.717) is 0 Å². The van der Waals surface area contributed by atoms with E-state index in [1.54, 1.807) is 0 Å². The topological polar surface area (TPSA) is 52.1 Å². The van der Waals surface area contributed by atoms with Crippen molar-refractivity contribution in [3.05, 3.63) is 22.7 Å². The molecule has 0 amide bonds. The first-order valence-electron chi connectivity index (χ1n) is 4.70. The maximum absolute atomic E-state index is 12.5. The number of nitrogens with zero attached hydrogens (tertiary/aromatic N) is 2. The van der Waals surface area contributed by atoms with Crippen molar-refractivity contribution in [2.45, 2.75) is 25.7 Å². The number of aromatic nitrogens is 2. The molecule has 0 aliphatic rings. The SMILES string of the molecule is COC(=O)C(C)(C)c1cc(Cl)nc(C(F)F)n1. The van der Waals surface area contributed by atoms with Crippen molar-refractivity contribution in [2.75, 3.05) is 7.11 Å². The van der Waals surface area contributed by atoms with Gasteiger partial charge in [-0.15, -0.1) is 0 Å². The van der Waals surface area contributed by atoms with E-state index in [1.807, 2.05) is 0 Å². The number of hydrogen-bond acceptors (Lipinski definition) is 4. The fourth-order valence-electron chi connectivity index (χ4n) is 1.21. The van der Waals surface area contributed by atoms with Crippen molar-refractivity contribution in [1.29, 1.82) is 0 Å².